The lowest BCUT2D eigenvalue weighted by Gasteiger charge is -2.25. The van der Waals surface area contributed by atoms with Crippen molar-refractivity contribution in [2.75, 3.05) is 6.54 Å². The number of furan rings is 1. The third kappa shape index (κ3) is 5.17. The highest BCUT2D eigenvalue weighted by atomic mass is 19.1. The second-order valence-corrected chi connectivity index (χ2v) is 10.6. The van der Waals surface area contributed by atoms with E-state index in [4.69, 9.17) is 10.2 Å². The molecule has 1 aliphatic rings. The van der Waals surface area contributed by atoms with E-state index in [1.165, 1.54) is 34.0 Å². The van der Waals surface area contributed by atoms with Gasteiger partial charge in [-0.2, -0.15) is 15.3 Å². The van der Waals surface area contributed by atoms with E-state index in [9.17, 15) is 23.2 Å². The highest BCUT2D eigenvalue weighted by Gasteiger charge is 2.40. The van der Waals surface area contributed by atoms with Gasteiger partial charge < -0.3 is 20.4 Å². The third-order valence-corrected chi connectivity index (χ3v) is 7.75. The fourth-order valence-corrected chi connectivity index (χ4v) is 5.65. The molecule has 0 aliphatic carbocycles. The van der Waals surface area contributed by atoms with Crippen LogP contribution in [0.5, 0.6) is 0 Å². The number of nitrogens with zero attached hydrogens (tertiary/aromatic N) is 5. The molecule has 0 spiro atoms. The maximum atomic E-state index is 14.6. The third-order valence-electron chi connectivity index (χ3n) is 7.75. The first-order valence-electron chi connectivity index (χ1n) is 13.6. The molecular weight excluding hydrogens is 560 g/mol. The van der Waals surface area contributed by atoms with Crippen LogP contribution in [0.2, 0.25) is 0 Å². The van der Waals surface area contributed by atoms with Gasteiger partial charge in [0.05, 0.1) is 30.5 Å². The van der Waals surface area contributed by atoms with Crippen LogP contribution in [-0.4, -0.2) is 61.4 Å². The average Bonchev–Trinajstić information content (AvgIpc) is 3.66. The zero-order chi connectivity index (χ0) is 30.4. The van der Waals surface area contributed by atoms with Crippen molar-refractivity contribution in [3.05, 3.63) is 77.7 Å². The van der Waals surface area contributed by atoms with E-state index < -0.39 is 41.8 Å². The Kier molecular flexibility index (Phi) is 7.08. The first-order chi connectivity index (χ1) is 20.6. The molecule has 0 saturated carbocycles. The van der Waals surface area contributed by atoms with E-state index >= 15 is 0 Å². The number of alkyl halides is 1. The quantitative estimate of drug-likeness (QED) is 0.295. The molecule has 3 unspecified atom stereocenters. The van der Waals surface area contributed by atoms with E-state index in [0.717, 1.165) is 11.1 Å². The number of hydrogen-bond donors (Lipinski definition) is 2. The SMILES string of the molecule is Cc1c(C(C)NC(=O)C2CC(F)CN2C(=O)Cn2nc(C(N)=O)c3cc(-c4ccnnc4)ccc32)oc2ccc(F)cc12. The van der Waals surface area contributed by atoms with Crippen molar-refractivity contribution in [2.24, 2.45) is 5.73 Å². The minimum atomic E-state index is -1.40. The number of carbonyl (C=O) groups is 3. The predicted molar refractivity (Wildman–Crippen MR) is 152 cm³/mol. The molecule has 6 rings (SSSR count). The molecule has 13 heteroatoms. The maximum Gasteiger partial charge on any atom is 0.269 e. The van der Waals surface area contributed by atoms with Crippen molar-refractivity contribution in [1.29, 1.82) is 0 Å². The summed E-state index contributed by atoms with van der Waals surface area (Å²) in [6, 6.07) is 9.42. The van der Waals surface area contributed by atoms with Crippen LogP contribution in [0.4, 0.5) is 8.78 Å². The molecule has 4 heterocycles. The van der Waals surface area contributed by atoms with Crippen molar-refractivity contribution in [3.8, 4) is 11.1 Å². The Morgan fingerprint density at radius 2 is 1.93 bits per heavy atom. The van der Waals surface area contributed by atoms with Crippen molar-refractivity contribution in [3.63, 3.8) is 0 Å². The van der Waals surface area contributed by atoms with Crippen LogP contribution in [0.25, 0.3) is 33.0 Å². The van der Waals surface area contributed by atoms with Crippen LogP contribution in [-0.2, 0) is 16.1 Å². The number of aryl methyl sites for hydroxylation is 1. The van der Waals surface area contributed by atoms with Gasteiger partial charge in [0.2, 0.25) is 11.8 Å². The summed E-state index contributed by atoms with van der Waals surface area (Å²) in [6.07, 6.45) is 1.53. The number of carbonyl (C=O) groups excluding carboxylic acids is 3. The summed E-state index contributed by atoms with van der Waals surface area (Å²) in [4.78, 5) is 40.2. The van der Waals surface area contributed by atoms with Crippen LogP contribution in [0.3, 0.4) is 0 Å². The zero-order valence-electron chi connectivity index (χ0n) is 23.3. The number of hydrogen-bond acceptors (Lipinski definition) is 7. The number of benzene rings is 2. The first kappa shape index (κ1) is 27.9. The van der Waals surface area contributed by atoms with Crippen LogP contribution < -0.4 is 11.1 Å². The number of likely N-dealkylation sites (tertiary alicyclic amines) is 1. The lowest BCUT2D eigenvalue weighted by molar-refractivity contribution is -0.139. The first-order valence-corrected chi connectivity index (χ1v) is 13.6. The number of amides is 3. The Balaban J connectivity index is 1.23. The second-order valence-electron chi connectivity index (χ2n) is 10.6. The van der Waals surface area contributed by atoms with Crippen LogP contribution >= 0.6 is 0 Å². The van der Waals surface area contributed by atoms with Gasteiger partial charge in [0.15, 0.2) is 5.69 Å². The van der Waals surface area contributed by atoms with Gasteiger partial charge in [-0.15, -0.1) is 0 Å². The number of aromatic nitrogens is 4. The molecule has 11 nitrogen and oxygen atoms in total. The second kappa shape index (κ2) is 10.9. The molecular formula is C30H27F2N7O4. The average molecular weight is 588 g/mol. The lowest BCUT2D eigenvalue weighted by atomic mass is 10.0. The van der Waals surface area contributed by atoms with Crippen LogP contribution in [0.15, 0.2) is 59.3 Å². The standard InChI is InChI=1S/C30H27F2N7O4/c1-15-21-10-19(31)4-6-25(21)43-28(15)16(2)36-30(42)24-11-20(32)13-38(24)26(40)14-39-23-5-3-17(18-7-8-34-35-12-18)9-22(23)27(37-39)29(33)41/h3-10,12,16,20,24H,11,13-14H2,1-2H3,(H2,33,41)(H,36,42). The normalized spacial score (nSPS) is 17.4. The smallest absolute Gasteiger partial charge is 0.269 e. The molecule has 43 heavy (non-hydrogen) atoms. The Labute approximate surface area is 243 Å². The Bertz CT molecular complexity index is 1890. The van der Waals surface area contributed by atoms with Crippen molar-refractivity contribution in [1.82, 2.24) is 30.2 Å². The van der Waals surface area contributed by atoms with Gasteiger partial charge in [0, 0.05) is 28.3 Å². The molecule has 1 fully saturated rings. The minimum Gasteiger partial charge on any atom is -0.459 e. The van der Waals surface area contributed by atoms with Crippen LogP contribution in [0, 0.1) is 12.7 Å². The number of primary amides is 1. The van der Waals surface area contributed by atoms with Gasteiger partial charge in [-0.1, -0.05) is 6.07 Å². The molecule has 5 aromatic rings. The fourth-order valence-electron chi connectivity index (χ4n) is 5.65. The predicted octanol–water partition coefficient (Wildman–Crippen LogP) is 3.60. The molecule has 1 aliphatic heterocycles. The molecule has 3 aromatic heterocycles. The molecule has 2 aromatic carbocycles. The molecule has 3 atom stereocenters. The van der Waals surface area contributed by atoms with Crippen molar-refractivity contribution >= 4 is 39.6 Å². The largest absolute Gasteiger partial charge is 0.459 e. The summed E-state index contributed by atoms with van der Waals surface area (Å²) in [7, 11) is 0. The summed E-state index contributed by atoms with van der Waals surface area (Å²) in [6.45, 7) is 2.85. The maximum absolute atomic E-state index is 14.6. The Morgan fingerprint density at radius 1 is 1.12 bits per heavy atom. The highest BCUT2D eigenvalue weighted by molar-refractivity contribution is 6.05. The Hall–Kier alpha value is -5.20. The van der Waals surface area contributed by atoms with E-state index in [0.29, 0.717) is 33.2 Å². The number of rotatable bonds is 7. The van der Waals surface area contributed by atoms with Gasteiger partial charge in [0.1, 0.15) is 35.9 Å². The summed E-state index contributed by atoms with van der Waals surface area (Å²) in [5, 5.41) is 15.8. The van der Waals surface area contributed by atoms with Gasteiger partial charge in [-0.05, 0) is 55.8 Å². The highest BCUT2D eigenvalue weighted by Crippen LogP contribution is 2.31. The van der Waals surface area contributed by atoms with E-state index in [1.807, 2.05) is 0 Å². The lowest BCUT2D eigenvalue weighted by Crippen LogP contribution is -2.47. The number of halogens is 2. The molecule has 3 N–H and O–H groups in total. The topological polar surface area (TPSA) is 149 Å². The summed E-state index contributed by atoms with van der Waals surface area (Å²) in [5.74, 6) is -1.85. The molecule has 0 radical (unpaired) electrons. The number of fused-ring (bicyclic) bond motifs is 2. The molecule has 3 amide bonds. The summed E-state index contributed by atoms with van der Waals surface area (Å²) in [5.41, 5.74) is 8.68. The summed E-state index contributed by atoms with van der Waals surface area (Å²) < 4.78 is 35.6. The molecule has 0 bridgehead atoms. The molecule has 220 valence electrons. The van der Waals surface area contributed by atoms with Crippen molar-refractivity contribution in [2.45, 2.75) is 45.1 Å². The van der Waals surface area contributed by atoms with E-state index in [1.54, 1.807) is 44.3 Å². The molecule has 1 saturated heterocycles. The summed E-state index contributed by atoms with van der Waals surface area (Å²) >= 11 is 0. The van der Waals surface area contributed by atoms with Gasteiger partial charge in [-0.25, -0.2) is 8.78 Å². The van der Waals surface area contributed by atoms with E-state index in [2.05, 4.69) is 20.6 Å². The minimum absolute atomic E-state index is 0.0272. The number of nitrogens with two attached hydrogens (primary N) is 1. The fraction of sp³-hybridized carbons (Fsp3) is 0.267. The zero-order valence-corrected chi connectivity index (χ0v) is 23.3. The monoisotopic (exact) mass is 587 g/mol. The van der Waals surface area contributed by atoms with Gasteiger partial charge in [-0.3, -0.25) is 19.1 Å². The van der Waals surface area contributed by atoms with Crippen LogP contribution in [0.1, 0.15) is 41.2 Å². The van der Waals surface area contributed by atoms with E-state index in [-0.39, 0.29) is 25.2 Å². The van der Waals surface area contributed by atoms with Gasteiger partial charge in [0.25, 0.3) is 5.91 Å². The Morgan fingerprint density at radius 3 is 2.67 bits per heavy atom. The van der Waals surface area contributed by atoms with Crippen molar-refractivity contribution < 1.29 is 27.6 Å². The number of nitrogens with one attached hydrogen (secondary N) is 1. The van der Waals surface area contributed by atoms with Gasteiger partial charge >= 0.3 is 0 Å².